The third-order valence-electron chi connectivity index (χ3n) is 4.75. The zero-order valence-corrected chi connectivity index (χ0v) is 15.7. The minimum absolute atomic E-state index is 0.107. The lowest BCUT2D eigenvalue weighted by Crippen LogP contribution is -2.54. The molecule has 0 aromatic heterocycles. The first kappa shape index (κ1) is 20.1. The van der Waals surface area contributed by atoms with E-state index in [1.807, 2.05) is 7.05 Å². The topological polar surface area (TPSA) is 117 Å². The molecule has 1 aromatic rings. The summed E-state index contributed by atoms with van der Waals surface area (Å²) in [6, 6.07) is 4.13. The van der Waals surface area contributed by atoms with Gasteiger partial charge >= 0.3 is 0 Å². The molecule has 1 fully saturated rings. The first-order chi connectivity index (χ1) is 13.5. The summed E-state index contributed by atoms with van der Waals surface area (Å²) in [7, 11) is 1.86. The van der Waals surface area contributed by atoms with Gasteiger partial charge in [-0.05, 0) is 31.2 Å². The van der Waals surface area contributed by atoms with Crippen LogP contribution in [0.15, 0.2) is 18.2 Å². The number of rotatable bonds is 9. The first-order valence-corrected chi connectivity index (χ1v) is 9.30. The van der Waals surface area contributed by atoms with Gasteiger partial charge in [0.1, 0.15) is 6.04 Å². The number of nitrogens with zero attached hydrogens (tertiary/aromatic N) is 1. The monoisotopic (exact) mass is 388 g/mol. The number of hydrogen-bond donors (Lipinski definition) is 3. The maximum Gasteiger partial charge on any atom is 0.262 e. The molecule has 1 unspecified atom stereocenters. The summed E-state index contributed by atoms with van der Waals surface area (Å²) in [5.74, 6) is -1.98. The fourth-order valence-corrected chi connectivity index (χ4v) is 3.28. The Bertz CT molecular complexity index is 795. The van der Waals surface area contributed by atoms with E-state index in [0.717, 1.165) is 17.0 Å². The Labute approximate surface area is 162 Å². The van der Waals surface area contributed by atoms with E-state index in [0.29, 0.717) is 31.9 Å². The van der Waals surface area contributed by atoms with Crippen molar-refractivity contribution in [3.05, 3.63) is 34.9 Å². The van der Waals surface area contributed by atoms with Crippen LogP contribution in [0.2, 0.25) is 0 Å². The lowest BCUT2D eigenvalue weighted by Gasteiger charge is -2.27. The second-order valence-corrected chi connectivity index (χ2v) is 6.72. The van der Waals surface area contributed by atoms with Crippen LogP contribution in [-0.4, -0.2) is 67.9 Å². The highest BCUT2D eigenvalue weighted by atomic mass is 16.5. The van der Waals surface area contributed by atoms with Crippen molar-refractivity contribution >= 4 is 23.6 Å². The molecule has 2 aliphatic heterocycles. The van der Waals surface area contributed by atoms with Crippen molar-refractivity contribution in [1.82, 2.24) is 20.9 Å². The fraction of sp³-hybridized carbons (Fsp3) is 0.474. The number of benzene rings is 1. The third-order valence-corrected chi connectivity index (χ3v) is 4.75. The molecule has 9 nitrogen and oxygen atoms in total. The molecule has 4 amide bonds. The van der Waals surface area contributed by atoms with Gasteiger partial charge in [-0.2, -0.15) is 0 Å². The van der Waals surface area contributed by atoms with Crippen molar-refractivity contribution in [3.63, 3.8) is 0 Å². The fourth-order valence-electron chi connectivity index (χ4n) is 3.28. The van der Waals surface area contributed by atoms with Crippen molar-refractivity contribution in [2.75, 3.05) is 33.4 Å². The molecule has 0 radical (unpaired) electrons. The number of likely N-dealkylation sites (N-methyl/N-ethyl adjacent to an activating group) is 1. The number of ether oxygens (including phenoxy) is 1. The van der Waals surface area contributed by atoms with Gasteiger partial charge < -0.3 is 15.4 Å². The molecule has 0 aliphatic carbocycles. The standard InChI is InChI=1S/C19H24N4O5/c1-20-6-8-28-9-7-21-11-12-2-3-13-14(10-12)19(27)23(18(13)26)15-4-5-16(24)22-17(15)25/h2-3,10,15,20-21H,4-9,11H2,1H3,(H,22,24,25). The predicted molar refractivity (Wildman–Crippen MR) is 99.6 cm³/mol. The molecule has 3 N–H and O–H groups in total. The van der Waals surface area contributed by atoms with Gasteiger partial charge in [0.25, 0.3) is 11.8 Å². The van der Waals surface area contributed by atoms with Gasteiger partial charge in [-0.25, -0.2) is 0 Å². The van der Waals surface area contributed by atoms with Crippen molar-refractivity contribution in [3.8, 4) is 0 Å². The second kappa shape index (κ2) is 9.05. The van der Waals surface area contributed by atoms with E-state index in [4.69, 9.17) is 4.74 Å². The Morgan fingerprint density at radius 1 is 1.11 bits per heavy atom. The van der Waals surface area contributed by atoms with E-state index in [2.05, 4.69) is 16.0 Å². The molecule has 0 saturated carbocycles. The molecular formula is C19H24N4O5. The molecule has 2 heterocycles. The highest BCUT2D eigenvalue weighted by molar-refractivity contribution is 6.23. The van der Waals surface area contributed by atoms with Crippen molar-refractivity contribution in [1.29, 1.82) is 0 Å². The molecule has 0 bridgehead atoms. The SMILES string of the molecule is CNCCOCCNCc1ccc2c(c1)C(=O)N(C1CCC(=O)NC1=O)C2=O. The zero-order chi connectivity index (χ0) is 20.1. The maximum atomic E-state index is 12.8. The van der Waals surface area contributed by atoms with Crippen molar-refractivity contribution in [2.24, 2.45) is 0 Å². The van der Waals surface area contributed by atoms with Gasteiger partial charge in [-0.15, -0.1) is 0 Å². The van der Waals surface area contributed by atoms with Crippen LogP contribution in [0.1, 0.15) is 39.1 Å². The van der Waals surface area contributed by atoms with Crippen LogP contribution >= 0.6 is 0 Å². The number of imide groups is 2. The molecule has 1 atom stereocenters. The summed E-state index contributed by atoms with van der Waals surface area (Å²) >= 11 is 0. The quantitative estimate of drug-likeness (QED) is 0.382. The molecule has 1 aromatic carbocycles. The number of nitrogens with one attached hydrogen (secondary N) is 3. The molecule has 9 heteroatoms. The highest BCUT2D eigenvalue weighted by Gasteiger charge is 2.44. The summed E-state index contributed by atoms with van der Waals surface area (Å²) in [6.07, 6.45) is 0.257. The first-order valence-electron chi connectivity index (χ1n) is 9.30. The number of fused-ring (bicyclic) bond motifs is 1. The van der Waals surface area contributed by atoms with Gasteiger partial charge in [0, 0.05) is 26.1 Å². The summed E-state index contributed by atoms with van der Waals surface area (Å²) < 4.78 is 5.42. The number of amides is 4. The normalized spacial score (nSPS) is 19.2. The Kier molecular flexibility index (Phi) is 6.50. The van der Waals surface area contributed by atoms with Gasteiger partial charge in [-0.3, -0.25) is 29.4 Å². The molecule has 2 aliphatic rings. The smallest absolute Gasteiger partial charge is 0.262 e. The average molecular weight is 388 g/mol. The zero-order valence-electron chi connectivity index (χ0n) is 15.7. The summed E-state index contributed by atoms with van der Waals surface area (Å²) in [5, 5.41) is 8.41. The average Bonchev–Trinajstić information content (AvgIpc) is 2.92. The largest absolute Gasteiger partial charge is 0.379 e. The minimum atomic E-state index is -0.943. The lowest BCUT2D eigenvalue weighted by molar-refractivity contribution is -0.136. The van der Waals surface area contributed by atoms with Crippen LogP contribution in [0.4, 0.5) is 0 Å². The Balaban J connectivity index is 1.60. The van der Waals surface area contributed by atoms with Gasteiger partial charge in [0.2, 0.25) is 11.8 Å². The maximum absolute atomic E-state index is 12.8. The van der Waals surface area contributed by atoms with Crippen LogP contribution < -0.4 is 16.0 Å². The molecule has 3 rings (SSSR count). The molecule has 150 valence electrons. The number of carbonyl (C=O) groups excluding carboxylic acids is 4. The Morgan fingerprint density at radius 3 is 2.61 bits per heavy atom. The van der Waals surface area contributed by atoms with E-state index in [9.17, 15) is 19.2 Å². The Hall–Kier alpha value is -2.62. The highest BCUT2D eigenvalue weighted by Crippen LogP contribution is 2.28. The van der Waals surface area contributed by atoms with E-state index >= 15 is 0 Å². The van der Waals surface area contributed by atoms with E-state index in [1.54, 1.807) is 18.2 Å². The van der Waals surface area contributed by atoms with Crippen LogP contribution in [-0.2, 0) is 20.9 Å². The summed E-state index contributed by atoms with van der Waals surface area (Å²) in [5.41, 5.74) is 1.44. The molecule has 28 heavy (non-hydrogen) atoms. The van der Waals surface area contributed by atoms with Crippen molar-refractivity contribution < 1.29 is 23.9 Å². The van der Waals surface area contributed by atoms with Gasteiger partial charge in [-0.1, -0.05) is 6.07 Å². The molecular weight excluding hydrogens is 364 g/mol. The van der Waals surface area contributed by atoms with E-state index in [-0.39, 0.29) is 24.3 Å². The van der Waals surface area contributed by atoms with Crippen LogP contribution in [0, 0.1) is 0 Å². The number of hydrogen-bond acceptors (Lipinski definition) is 7. The Morgan fingerprint density at radius 2 is 1.86 bits per heavy atom. The van der Waals surface area contributed by atoms with E-state index in [1.165, 1.54) is 0 Å². The molecule has 0 spiro atoms. The second-order valence-electron chi connectivity index (χ2n) is 6.72. The third kappa shape index (κ3) is 4.27. The summed E-state index contributed by atoms with van der Waals surface area (Å²) in [6.45, 7) is 3.21. The number of piperidine rings is 1. The summed E-state index contributed by atoms with van der Waals surface area (Å²) in [4.78, 5) is 49.7. The minimum Gasteiger partial charge on any atom is -0.379 e. The van der Waals surface area contributed by atoms with Crippen LogP contribution in [0.5, 0.6) is 0 Å². The van der Waals surface area contributed by atoms with Gasteiger partial charge in [0.05, 0.1) is 24.3 Å². The van der Waals surface area contributed by atoms with E-state index < -0.39 is 23.8 Å². The number of carbonyl (C=O) groups is 4. The van der Waals surface area contributed by atoms with Crippen LogP contribution in [0.25, 0.3) is 0 Å². The lowest BCUT2D eigenvalue weighted by atomic mass is 10.0. The van der Waals surface area contributed by atoms with Gasteiger partial charge in [0.15, 0.2) is 0 Å². The van der Waals surface area contributed by atoms with Crippen LogP contribution in [0.3, 0.4) is 0 Å². The molecule has 1 saturated heterocycles. The predicted octanol–water partition coefficient (Wildman–Crippen LogP) is -0.587. The van der Waals surface area contributed by atoms with Crippen molar-refractivity contribution in [2.45, 2.75) is 25.4 Å².